The number of rotatable bonds is 3. The molecule has 0 bridgehead atoms. The van der Waals surface area contributed by atoms with Gasteiger partial charge in [0.05, 0.1) is 19.1 Å². The number of methoxy groups -OCH3 is 1. The molecule has 0 aromatic heterocycles. The molecule has 1 saturated heterocycles. The highest BCUT2D eigenvalue weighted by Crippen LogP contribution is 2.42. The molecule has 2 aromatic rings. The van der Waals surface area contributed by atoms with Crippen LogP contribution in [0.1, 0.15) is 39.9 Å². The van der Waals surface area contributed by atoms with Gasteiger partial charge in [-0.05, 0) is 23.3 Å². The van der Waals surface area contributed by atoms with Gasteiger partial charge in [0.2, 0.25) is 0 Å². The van der Waals surface area contributed by atoms with Crippen molar-refractivity contribution in [1.29, 1.82) is 0 Å². The minimum absolute atomic E-state index is 0.00215. The van der Waals surface area contributed by atoms with Crippen molar-refractivity contribution >= 4 is 11.9 Å². The van der Waals surface area contributed by atoms with Crippen molar-refractivity contribution in [3.05, 3.63) is 71.3 Å². The number of hydrogen-bond acceptors (Lipinski definition) is 4. The Morgan fingerprint density at radius 2 is 1.73 bits per heavy atom. The van der Waals surface area contributed by atoms with Crippen LogP contribution in [0.25, 0.3) is 0 Å². The first-order valence-electron chi connectivity index (χ1n) is 7.11. The highest BCUT2D eigenvalue weighted by Gasteiger charge is 2.36. The summed E-state index contributed by atoms with van der Waals surface area (Å²) in [5, 5.41) is 0. The largest absolute Gasteiger partial charge is 0.465 e. The Bertz CT molecular complexity index is 676. The van der Waals surface area contributed by atoms with Gasteiger partial charge >= 0.3 is 11.9 Å². The van der Waals surface area contributed by atoms with Crippen LogP contribution in [-0.2, 0) is 14.3 Å². The van der Waals surface area contributed by atoms with Crippen LogP contribution in [0.5, 0.6) is 0 Å². The van der Waals surface area contributed by atoms with E-state index < -0.39 is 0 Å². The molecular formula is C18H16O4. The standard InChI is InChI=1S/C18H16O4/c1-21-18(20)14-9-7-13(8-10-14)17-15(11-16(19)22-17)12-5-3-2-4-6-12/h2-10,15,17H,11H2,1H3/t15-,17+/m0/s1. The van der Waals surface area contributed by atoms with Crippen molar-refractivity contribution in [2.45, 2.75) is 18.4 Å². The summed E-state index contributed by atoms with van der Waals surface area (Å²) in [6, 6.07) is 16.9. The van der Waals surface area contributed by atoms with E-state index in [9.17, 15) is 9.59 Å². The van der Waals surface area contributed by atoms with Crippen LogP contribution in [0.4, 0.5) is 0 Å². The fraction of sp³-hybridized carbons (Fsp3) is 0.222. The molecule has 112 valence electrons. The first kappa shape index (κ1) is 14.3. The zero-order valence-electron chi connectivity index (χ0n) is 12.2. The second-order valence-electron chi connectivity index (χ2n) is 5.25. The van der Waals surface area contributed by atoms with Crippen LogP contribution in [0.3, 0.4) is 0 Å². The average molecular weight is 296 g/mol. The van der Waals surface area contributed by atoms with Gasteiger partial charge in [-0.3, -0.25) is 4.79 Å². The molecule has 0 saturated carbocycles. The quantitative estimate of drug-likeness (QED) is 0.816. The van der Waals surface area contributed by atoms with Gasteiger partial charge in [-0.1, -0.05) is 42.5 Å². The van der Waals surface area contributed by atoms with Crippen molar-refractivity contribution in [3.8, 4) is 0 Å². The molecule has 0 aliphatic carbocycles. The van der Waals surface area contributed by atoms with Gasteiger partial charge in [0.15, 0.2) is 0 Å². The summed E-state index contributed by atoms with van der Waals surface area (Å²) in [4.78, 5) is 23.2. The van der Waals surface area contributed by atoms with Gasteiger partial charge < -0.3 is 9.47 Å². The molecule has 0 spiro atoms. The Morgan fingerprint density at radius 1 is 1.05 bits per heavy atom. The predicted octanol–water partition coefficient (Wildman–Crippen LogP) is 3.25. The second-order valence-corrected chi connectivity index (χ2v) is 5.25. The van der Waals surface area contributed by atoms with Crippen LogP contribution < -0.4 is 0 Å². The summed E-state index contributed by atoms with van der Waals surface area (Å²) in [6.07, 6.45) is 0.0505. The highest BCUT2D eigenvalue weighted by molar-refractivity contribution is 5.89. The smallest absolute Gasteiger partial charge is 0.337 e. The maximum atomic E-state index is 11.7. The number of carbonyl (C=O) groups excluding carboxylic acids is 2. The number of hydrogen-bond donors (Lipinski definition) is 0. The van der Waals surface area contributed by atoms with Crippen LogP contribution in [0.15, 0.2) is 54.6 Å². The molecule has 2 atom stereocenters. The van der Waals surface area contributed by atoms with E-state index in [0.29, 0.717) is 12.0 Å². The lowest BCUT2D eigenvalue weighted by Crippen LogP contribution is -2.07. The highest BCUT2D eigenvalue weighted by atomic mass is 16.6. The zero-order valence-corrected chi connectivity index (χ0v) is 12.2. The van der Waals surface area contributed by atoms with Crippen molar-refractivity contribution in [3.63, 3.8) is 0 Å². The molecule has 2 aromatic carbocycles. The number of carbonyl (C=O) groups is 2. The zero-order chi connectivity index (χ0) is 15.5. The molecule has 3 rings (SSSR count). The third-order valence-electron chi connectivity index (χ3n) is 3.90. The number of cyclic esters (lactones) is 1. The number of esters is 2. The molecule has 0 N–H and O–H groups in total. The second kappa shape index (κ2) is 6.02. The topological polar surface area (TPSA) is 52.6 Å². The third kappa shape index (κ3) is 2.72. The normalized spacial score (nSPS) is 20.5. The Morgan fingerprint density at radius 3 is 2.36 bits per heavy atom. The van der Waals surface area contributed by atoms with Crippen molar-refractivity contribution in [2.75, 3.05) is 7.11 Å². The Balaban J connectivity index is 1.89. The van der Waals surface area contributed by atoms with Crippen LogP contribution >= 0.6 is 0 Å². The monoisotopic (exact) mass is 296 g/mol. The van der Waals surface area contributed by atoms with Crippen molar-refractivity contribution in [1.82, 2.24) is 0 Å². The van der Waals surface area contributed by atoms with Crippen molar-refractivity contribution < 1.29 is 19.1 Å². The first-order valence-corrected chi connectivity index (χ1v) is 7.11. The fourth-order valence-corrected chi connectivity index (χ4v) is 2.78. The average Bonchev–Trinajstić information content (AvgIpc) is 2.97. The molecule has 4 nitrogen and oxygen atoms in total. The van der Waals surface area contributed by atoms with E-state index in [4.69, 9.17) is 4.74 Å². The van der Waals surface area contributed by atoms with E-state index in [-0.39, 0.29) is 24.0 Å². The summed E-state index contributed by atoms with van der Waals surface area (Å²) >= 11 is 0. The summed E-state index contributed by atoms with van der Waals surface area (Å²) in [5.74, 6) is -0.580. The maximum Gasteiger partial charge on any atom is 0.337 e. The summed E-state index contributed by atoms with van der Waals surface area (Å²) in [6.45, 7) is 0. The Kier molecular flexibility index (Phi) is 3.92. The Hall–Kier alpha value is -2.62. The lowest BCUT2D eigenvalue weighted by atomic mass is 9.88. The molecule has 4 heteroatoms. The molecule has 1 aliphatic heterocycles. The van der Waals surface area contributed by atoms with E-state index in [1.807, 2.05) is 42.5 Å². The molecule has 1 fully saturated rings. The Labute approximate surface area is 128 Å². The first-order chi connectivity index (χ1) is 10.7. The fourth-order valence-electron chi connectivity index (χ4n) is 2.78. The molecule has 0 radical (unpaired) electrons. The number of ether oxygens (including phenoxy) is 2. The third-order valence-corrected chi connectivity index (χ3v) is 3.90. The van der Waals surface area contributed by atoms with Crippen LogP contribution in [0.2, 0.25) is 0 Å². The number of benzene rings is 2. The summed E-state index contributed by atoms with van der Waals surface area (Å²) in [7, 11) is 1.35. The van der Waals surface area contributed by atoms with Crippen molar-refractivity contribution in [2.24, 2.45) is 0 Å². The van der Waals surface area contributed by atoms with E-state index >= 15 is 0 Å². The van der Waals surface area contributed by atoms with Gasteiger partial charge in [-0.2, -0.15) is 0 Å². The summed E-state index contributed by atoms with van der Waals surface area (Å²) in [5.41, 5.74) is 2.44. The van der Waals surface area contributed by atoms with Crippen LogP contribution in [0, 0.1) is 0 Å². The SMILES string of the molecule is COC(=O)c1ccc([C@H]2OC(=O)C[C@H]2c2ccccc2)cc1. The lowest BCUT2D eigenvalue weighted by molar-refractivity contribution is -0.141. The maximum absolute atomic E-state index is 11.7. The minimum atomic E-state index is -0.380. The van der Waals surface area contributed by atoms with E-state index in [1.54, 1.807) is 12.1 Å². The molecule has 1 aliphatic rings. The van der Waals surface area contributed by atoms with E-state index in [1.165, 1.54) is 7.11 Å². The minimum Gasteiger partial charge on any atom is -0.465 e. The van der Waals surface area contributed by atoms with E-state index in [0.717, 1.165) is 11.1 Å². The van der Waals surface area contributed by atoms with Gasteiger partial charge in [0.1, 0.15) is 6.10 Å². The summed E-state index contributed by atoms with van der Waals surface area (Å²) < 4.78 is 10.2. The van der Waals surface area contributed by atoms with Gasteiger partial charge in [-0.15, -0.1) is 0 Å². The molecular weight excluding hydrogens is 280 g/mol. The predicted molar refractivity (Wildman–Crippen MR) is 80.4 cm³/mol. The van der Waals surface area contributed by atoms with E-state index in [2.05, 4.69) is 4.74 Å². The van der Waals surface area contributed by atoms with Gasteiger partial charge in [0, 0.05) is 5.92 Å². The molecule has 0 unspecified atom stereocenters. The molecule has 1 heterocycles. The molecule has 0 amide bonds. The lowest BCUT2D eigenvalue weighted by Gasteiger charge is -2.18. The van der Waals surface area contributed by atoms with Gasteiger partial charge in [0.25, 0.3) is 0 Å². The molecule has 22 heavy (non-hydrogen) atoms. The van der Waals surface area contributed by atoms with Gasteiger partial charge in [-0.25, -0.2) is 4.79 Å². The van der Waals surface area contributed by atoms with Crippen LogP contribution in [-0.4, -0.2) is 19.0 Å².